The first kappa shape index (κ1) is 40.4. The number of carbonyl (C=O) groups excluding carboxylic acids is 1. The lowest BCUT2D eigenvalue weighted by atomic mass is 10.0. The van der Waals surface area contributed by atoms with E-state index in [2.05, 4.69) is 107 Å². The van der Waals surface area contributed by atoms with E-state index in [1.54, 1.807) is 28.7 Å². The number of nitrogens with zero attached hydrogens (tertiary/aromatic N) is 3. The van der Waals surface area contributed by atoms with Crippen LogP contribution in [-0.2, 0) is 14.3 Å². The maximum Gasteiger partial charge on any atom is 0.333 e. The van der Waals surface area contributed by atoms with Gasteiger partial charge >= 0.3 is 5.97 Å². The van der Waals surface area contributed by atoms with E-state index in [1.807, 2.05) is 68.4 Å². The molecule has 0 atom stereocenters. The van der Waals surface area contributed by atoms with E-state index in [0.717, 1.165) is 91.0 Å². The van der Waals surface area contributed by atoms with Crippen molar-refractivity contribution in [2.75, 3.05) is 4.90 Å². The summed E-state index contributed by atoms with van der Waals surface area (Å²) in [4.78, 5) is 27.6. The third-order valence-corrected chi connectivity index (χ3v) is 12.8. The topological polar surface area (TPSA) is 104 Å². The molecule has 0 spiro atoms. The van der Waals surface area contributed by atoms with Gasteiger partial charge in [0.05, 0.1) is 12.7 Å². The van der Waals surface area contributed by atoms with Crippen molar-refractivity contribution in [3.8, 4) is 34.1 Å². The summed E-state index contributed by atoms with van der Waals surface area (Å²) in [6.45, 7) is 11.5. The van der Waals surface area contributed by atoms with E-state index in [9.17, 15) is 20.0 Å². The Hall–Kier alpha value is -8.02. The van der Waals surface area contributed by atoms with Crippen LogP contribution in [0, 0.1) is 17.9 Å². The molecule has 0 aliphatic carbocycles. The Morgan fingerprint density at radius 1 is 0.651 bits per heavy atom. The second-order valence-electron chi connectivity index (χ2n) is 15.0. The predicted molar refractivity (Wildman–Crippen MR) is 256 cm³/mol. The number of aliphatic carboxylic acids is 1. The fourth-order valence-corrected chi connectivity index (χ4v) is 10.1. The zero-order valence-corrected chi connectivity index (χ0v) is 35.5. The van der Waals surface area contributed by atoms with Crippen molar-refractivity contribution in [2.24, 2.45) is 0 Å². The Labute approximate surface area is 370 Å². The maximum atomic E-state index is 11.4. The van der Waals surface area contributed by atoms with Crippen molar-refractivity contribution in [1.29, 1.82) is 5.26 Å². The fourth-order valence-electron chi connectivity index (χ4n) is 7.72. The van der Waals surface area contributed by atoms with Crippen LogP contribution in [0.4, 0.5) is 17.1 Å². The number of carboxylic acids is 1. The number of rotatable bonds is 12. The zero-order chi connectivity index (χ0) is 43.6. The van der Waals surface area contributed by atoms with Gasteiger partial charge in [0.1, 0.15) is 11.8 Å². The van der Waals surface area contributed by atoms with Crippen LogP contribution in [0.15, 0.2) is 157 Å². The molecule has 10 heteroatoms. The maximum absolute atomic E-state index is 11.4. The van der Waals surface area contributed by atoms with Gasteiger partial charge in [-0.15, -0.1) is 22.7 Å². The number of anilines is 3. The molecule has 9 rings (SSSR count). The highest BCUT2D eigenvalue weighted by atomic mass is 32.1. The highest BCUT2D eigenvalue weighted by Crippen LogP contribution is 2.41. The molecule has 0 aliphatic rings. The number of nitriles is 1. The number of thiophene rings is 2. The van der Waals surface area contributed by atoms with Gasteiger partial charge < -0.3 is 19.5 Å². The summed E-state index contributed by atoms with van der Waals surface area (Å²) in [6.07, 6.45) is 3.03. The molecule has 0 aliphatic heterocycles. The van der Waals surface area contributed by atoms with Crippen molar-refractivity contribution >= 4 is 105 Å². The molecule has 0 saturated carbocycles. The number of benzene rings is 7. The van der Waals surface area contributed by atoms with Gasteiger partial charge in [-0.2, -0.15) is 5.26 Å². The molecule has 0 unspecified atom stereocenters. The van der Waals surface area contributed by atoms with Gasteiger partial charge in [-0.05, 0) is 132 Å². The molecule has 0 bridgehead atoms. The third kappa shape index (κ3) is 8.25. The largest absolute Gasteiger partial charge is 0.491 e. The number of carboxylic acid groups (broad SMARTS) is 1. The summed E-state index contributed by atoms with van der Waals surface area (Å²) in [7, 11) is 0. The Morgan fingerprint density at radius 3 is 1.51 bits per heavy atom. The Morgan fingerprint density at radius 2 is 1.08 bits per heavy atom. The molecule has 7 aromatic carbocycles. The monoisotopic (exact) mass is 857 g/mol. The third-order valence-electron chi connectivity index (χ3n) is 10.6. The number of fused-ring (bicyclic) bond motifs is 6. The lowest BCUT2D eigenvalue weighted by Crippen LogP contribution is -2.10. The molecule has 2 heterocycles. The van der Waals surface area contributed by atoms with Crippen LogP contribution in [0.5, 0.6) is 5.75 Å². The van der Waals surface area contributed by atoms with Crippen LogP contribution >= 0.6 is 22.7 Å². The number of hydrogen-bond acceptors (Lipinski definition) is 8. The average Bonchev–Trinajstić information content (AvgIpc) is 3.85. The molecule has 0 amide bonds. The summed E-state index contributed by atoms with van der Waals surface area (Å²) in [5, 5.41) is 23.1. The Kier molecular flexibility index (Phi) is 11.0. The van der Waals surface area contributed by atoms with E-state index in [0.29, 0.717) is 5.56 Å². The Balaban J connectivity index is 1.02. The zero-order valence-electron chi connectivity index (χ0n) is 33.9. The summed E-state index contributed by atoms with van der Waals surface area (Å²) in [6, 6.07) is 51.9. The SMILES string of the molecule is [C-]#[N+]/C(=C\c1ccc2c(c1)sc1cc(-c3ccc(N(c4ccc(OC(C)C)cc4)c4ccc(-c5ccc6c(c5)sc5cc(/C=C(\C#N)OC=O)ccc56)cc4)cc3)ccc12)C(=O)O. The van der Waals surface area contributed by atoms with E-state index in [4.69, 9.17) is 16.0 Å². The van der Waals surface area contributed by atoms with Crippen molar-refractivity contribution in [3.63, 3.8) is 0 Å². The lowest BCUT2D eigenvalue weighted by Gasteiger charge is -2.26. The van der Waals surface area contributed by atoms with Crippen molar-refractivity contribution < 1.29 is 24.2 Å². The summed E-state index contributed by atoms with van der Waals surface area (Å²) < 4.78 is 15.1. The van der Waals surface area contributed by atoms with Crippen LogP contribution in [-0.4, -0.2) is 23.7 Å². The van der Waals surface area contributed by atoms with Crippen LogP contribution < -0.4 is 9.64 Å². The molecule has 9 aromatic rings. The second kappa shape index (κ2) is 17.2. The van der Waals surface area contributed by atoms with Crippen LogP contribution in [0.2, 0.25) is 0 Å². The minimum absolute atomic E-state index is 0.0589. The smallest absolute Gasteiger partial charge is 0.333 e. The minimum atomic E-state index is -1.24. The van der Waals surface area contributed by atoms with Crippen LogP contribution in [0.1, 0.15) is 25.0 Å². The predicted octanol–water partition coefficient (Wildman–Crippen LogP) is 14.4. The fraction of sp³-hybridized carbons (Fsp3) is 0.0566. The molecule has 8 nitrogen and oxygen atoms in total. The Bertz CT molecular complexity index is 3390. The van der Waals surface area contributed by atoms with Crippen LogP contribution in [0.25, 0.3) is 79.6 Å². The van der Waals surface area contributed by atoms with E-state index >= 15 is 0 Å². The average molecular weight is 858 g/mol. The first-order valence-corrected chi connectivity index (χ1v) is 21.6. The van der Waals surface area contributed by atoms with Gasteiger partial charge in [0, 0.05) is 57.4 Å². The first-order chi connectivity index (χ1) is 30.7. The van der Waals surface area contributed by atoms with Crippen molar-refractivity contribution in [3.05, 3.63) is 180 Å². The van der Waals surface area contributed by atoms with Gasteiger partial charge in [0.15, 0.2) is 0 Å². The van der Waals surface area contributed by atoms with Gasteiger partial charge in [0.25, 0.3) is 12.2 Å². The standard InChI is InChI=1S/C53H35N3O5S2/c1-32(2)61-42-18-16-41(17-19-42)56(39-12-6-35(7-13-39)37-10-22-46-44-20-4-33(24-43(30-54)60-31-57)26-49(44)62-51(46)28-37)40-14-8-36(9-15-40)38-11-23-47-45-21-5-34(25-48(55-3)53(58)59)27-50(45)63-52(47)29-38/h4-29,31-32H,1-2H3,(H,58,59)/b43-24+,48-25-. The van der Waals surface area contributed by atoms with E-state index < -0.39 is 5.97 Å². The van der Waals surface area contributed by atoms with Gasteiger partial charge in [-0.1, -0.05) is 72.8 Å². The van der Waals surface area contributed by atoms with Gasteiger partial charge in [0.2, 0.25) is 5.76 Å². The van der Waals surface area contributed by atoms with Gasteiger partial charge in [-0.25, -0.2) is 4.85 Å². The molecular formula is C53H35N3O5S2. The quantitative estimate of drug-likeness (QED) is 0.0429. The van der Waals surface area contributed by atoms with E-state index in [-0.39, 0.29) is 24.0 Å². The minimum Gasteiger partial charge on any atom is -0.491 e. The normalized spacial score (nSPS) is 11.8. The lowest BCUT2D eigenvalue weighted by molar-refractivity contribution is -0.132. The first-order valence-electron chi connectivity index (χ1n) is 19.9. The molecular weight excluding hydrogens is 823 g/mol. The van der Waals surface area contributed by atoms with Crippen molar-refractivity contribution in [1.82, 2.24) is 0 Å². The molecule has 0 saturated heterocycles. The molecule has 0 radical (unpaired) electrons. The number of carbonyl (C=O) groups is 2. The van der Waals surface area contributed by atoms with E-state index in [1.165, 1.54) is 6.08 Å². The van der Waals surface area contributed by atoms with Gasteiger partial charge in [-0.3, -0.25) is 9.59 Å². The highest BCUT2D eigenvalue weighted by Gasteiger charge is 2.16. The molecule has 0 fully saturated rings. The second-order valence-corrected chi connectivity index (χ2v) is 17.2. The molecule has 1 N–H and O–H groups in total. The molecule has 2 aromatic heterocycles. The number of allylic oxidation sites excluding steroid dienone is 1. The molecule has 63 heavy (non-hydrogen) atoms. The summed E-state index contributed by atoms with van der Waals surface area (Å²) in [5.41, 5.74) is 8.45. The number of ether oxygens (including phenoxy) is 2. The summed E-state index contributed by atoms with van der Waals surface area (Å²) >= 11 is 3.32. The molecule has 304 valence electrons. The number of hydrogen-bond donors (Lipinski definition) is 1. The summed E-state index contributed by atoms with van der Waals surface area (Å²) in [5.74, 6) is -0.490. The van der Waals surface area contributed by atoms with Crippen LogP contribution in [0.3, 0.4) is 0 Å². The van der Waals surface area contributed by atoms with Crippen molar-refractivity contribution in [2.45, 2.75) is 20.0 Å². The highest BCUT2D eigenvalue weighted by molar-refractivity contribution is 7.26.